The summed E-state index contributed by atoms with van der Waals surface area (Å²) in [4.78, 5) is 16.9. The maximum atomic E-state index is 13.8. The lowest BCUT2D eigenvalue weighted by Gasteiger charge is -2.14. The molecule has 0 bridgehead atoms. The Hall–Kier alpha value is -3.54. The molecule has 0 spiro atoms. The van der Waals surface area contributed by atoms with E-state index < -0.39 is 12.5 Å². The minimum atomic E-state index is -2.78. The molecule has 4 rings (SSSR count). The van der Waals surface area contributed by atoms with Gasteiger partial charge in [0.05, 0.1) is 16.6 Å². The highest BCUT2D eigenvalue weighted by molar-refractivity contribution is 5.91. The molecule has 0 aliphatic heterocycles. The van der Waals surface area contributed by atoms with E-state index in [1.54, 1.807) is 54.6 Å². The molecule has 1 aliphatic carbocycles. The highest BCUT2D eigenvalue weighted by Crippen LogP contribution is 2.28. The number of hydrogen-bond acceptors (Lipinski definition) is 3. The van der Waals surface area contributed by atoms with Gasteiger partial charge in [-0.2, -0.15) is 8.78 Å². The molecule has 0 fully saturated rings. The molecule has 0 unspecified atom stereocenters. The number of aromatic nitrogens is 2. The first-order valence-corrected chi connectivity index (χ1v) is 9.23. The first-order chi connectivity index (χ1) is 14.1. The number of benzene rings is 2. The van der Waals surface area contributed by atoms with E-state index in [9.17, 15) is 13.6 Å². The Morgan fingerprint density at radius 3 is 2.59 bits per heavy atom. The molecule has 3 aromatic rings. The van der Waals surface area contributed by atoms with Crippen molar-refractivity contribution in [2.75, 3.05) is 0 Å². The fourth-order valence-corrected chi connectivity index (χ4v) is 3.22. The topological polar surface area (TPSA) is 44.1 Å². The van der Waals surface area contributed by atoms with E-state index in [4.69, 9.17) is 4.74 Å². The number of halogens is 2. The van der Waals surface area contributed by atoms with E-state index in [0.717, 1.165) is 16.6 Å². The van der Waals surface area contributed by atoms with Crippen molar-refractivity contribution in [1.82, 2.24) is 9.55 Å². The van der Waals surface area contributed by atoms with Crippen molar-refractivity contribution in [3.05, 3.63) is 95.5 Å². The van der Waals surface area contributed by atoms with Gasteiger partial charge < -0.3 is 4.74 Å². The van der Waals surface area contributed by atoms with E-state index in [2.05, 4.69) is 4.98 Å². The maximum Gasteiger partial charge on any atom is 0.343 e. The second kappa shape index (κ2) is 8.22. The summed E-state index contributed by atoms with van der Waals surface area (Å²) in [7, 11) is 0. The van der Waals surface area contributed by atoms with Crippen molar-refractivity contribution in [3.8, 4) is 0 Å². The van der Waals surface area contributed by atoms with Crippen LogP contribution in [0.25, 0.3) is 17.1 Å². The Morgan fingerprint density at radius 1 is 1.10 bits per heavy atom. The lowest BCUT2D eigenvalue weighted by molar-refractivity contribution is 0.0633. The molecule has 0 amide bonds. The van der Waals surface area contributed by atoms with Crippen LogP contribution in [0.3, 0.4) is 0 Å². The first kappa shape index (κ1) is 18.8. The monoisotopic (exact) mass is 392 g/mol. The number of esters is 1. The lowest BCUT2D eigenvalue weighted by atomic mass is 10.0. The summed E-state index contributed by atoms with van der Waals surface area (Å²) < 4.78 is 34.0. The number of carbonyl (C=O) groups excluding carboxylic acids is 1. The first-order valence-electron chi connectivity index (χ1n) is 9.23. The molecule has 1 aliphatic rings. The van der Waals surface area contributed by atoms with Gasteiger partial charge in [-0.15, -0.1) is 0 Å². The molecular formula is C23H18F2N2O2. The van der Waals surface area contributed by atoms with Gasteiger partial charge >= 0.3 is 12.5 Å². The van der Waals surface area contributed by atoms with Gasteiger partial charge in [0.15, 0.2) is 0 Å². The molecule has 0 atom stereocenters. The van der Waals surface area contributed by atoms with Crippen molar-refractivity contribution in [2.45, 2.75) is 19.4 Å². The predicted octanol–water partition coefficient (Wildman–Crippen LogP) is 5.91. The van der Waals surface area contributed by atoms with E-state index >= 15 is 0 Å². The minimum absolute atomic E-state index is 0.0347. The van der Waals surface area contributed by atoms with Crippen LogP contribution >= 0.6 is 0 Å². The Labute approximate surface area is 166 Å². The summed E-state index contributed by atoms with van der Waals surface area (Å²) in [6.07, 6.45) is 8.51. The zero-order valence-corrected chi connectivity index (χ0v) is 15.5. The number of nitrogens with zero attached hydrogens (tertiary/aromatic N) is 2. The van der Waals surface area contributed by atoms with Gasteiger partial charge in [-0.1, -0.05) is 48.6 Å². The van der Waals surface area contributed by atoms with Crippen molar-refractivity contribution in [1.29, 1.82) is 0 Å². The third-order valence-corrected chi connectivity index (χ3v) is 4.62. The van der Waals surface area contributed by atoms with Crippen LogP contribution in [0, 0.1) is 0 Å². The molecule has 1 heterocycles. The normalized spacial score (nSPS) is 14.3. The second-order valence-electron chi connectivity index (χ2n) is 6.53. The van der Waals surface area contributed by atoms with Crippen molar-refractivity contribution < 1.29 is 18.3 Å². The van der Waals surface area contributed by atoms with Gasteiger partial charge in [0.1, 0.15) is 11.6 Å². The van der Waals surface area contributed by atoms with Crippen LogP contribution in [-0.4, -0.2) is 15.5 Å². The summed E-state index contributed by atoms with van der Waals surface area (Å²) in [6.45, 7) is -2.78. The Morgan fingerprint density at radius 2 is 1.86 bits per heavy atom. The second-order valence-corrected chi connectivity index (χ2v) is 6.53. The molecule has 0 saturated carbocycles. The number of ether oxygens (including phenoxy) is 1. The lowest BCUT2D eigenvalue weighted by Crippen LogP contribution is -2.09. The Balaban J connectivity index is 1.79. The average molecular weight is 392 g/mol. The van der Waals surface area contributed by atoms with Crippen LogP contribution in [0.1, 0.15) is 35.6 Å². The third kappa shape index (κ3) is 4.01. The standard InChI is InChI=1S/C23H18F2N2O2/c24-23(25)27-19-14-8-7-13-18(19)26-21(27)15-20(16-9-3-1-4-10-16)29-22(28)17-11-5-2-6-12-17/h1-3,5-9,11-15,23H,4,10H2. The highest BCUT2D eigenvalue weighted by atomic mass is 19.3. The number of hydrogen-bond donors (Lipinski definition) is 0. The Kier molecular flexibility index (Phi) is 5.33. The molecular weight excluding hydrogens is 374 g/mol. The van der Waals surface area contributed by atoms with E-state index in [0.29, 0.717) is 23.0 Å². The quantitative estimate of drug-likeness (QED) is 0.401. The number of rotatable bonds is 5. The smallest absolute Gasteiger partial charge is 0.343 e. The molecule has 0 saturated heterocycles. The Bertz CT molecular complexity index is 1130. The number of allylic oxidation sites excluding steroid dienone is 4. The van der Waals surface area contributed by atoms with Crippen LogP contribution in [0.5, 0.6) is 0 Å². The number of fused-ring (bicyclic) bond motifs is 1. The van der Waals surface area contributed by atoms with Crippen molar-refractivity contribution >= 4 is 23.1 Å². The molecule has 1 aromatic heterocycles. The van der Waals surface area contributed by atoms with Gasteiger partial charge in [0.25, 0.3) is 0 Å². The van der Waals surface area contributed by atoms with E-state index in [-0.39, 0.29) is 11.6 Å². The minimum Gasteiger partial charge on any atom is -0.422 e. The van der Waals surface area contributed by atoms with E-state index in [1.165, 1.54) is 6.08 Å². The van der Waals surface area contributed by atoms with Gasteiger partial charge in [0, 0.05) is 6.08 Å². The van der Waals surface area contributed by atoms with Crippen LogP contribution in [-0.2, 0) is 4.74 Å². The van der Waals surface area contributed by atoms with Gasteiger partial charge in [-0.3, -0.25) is 4.57 Å². The van der Waals surface area contributed by atoms with E-state index in [1.807, 2.05) is 18.2 Å². The van der Waals surface area contributed by atoms with Crippen LogP contribution in [0.2, 0.25) is 0 Å². The molecule has 146 valence electrons. The van der Waals surface area contributed by atoms with Crippen LogP contribution < -0.4 is 0 Å². The molecule has 6 heteroatoms. The summed E-state index contributed by atoms with van der Waals surface area (Å²) in [5.41, 5.74) is 1.91. The summed E-state index contributed by atoms with van der Waals surface area (Å²) >= 11 is 0. The fourth-order valence-electron chi connectivity index (χ4n) is 3.22. The zero-order valence-electron chi connectivity index (χ0n) is 15.5. The molecule has 2 aromatic carbocycles. The number of alkyl halides is 2. The molecule has 4 nitrogen and oxygen atoms in total. The van der Waals surface area contributed by atoms with Gasteiger partial charge in [-0.25, -0.2) is 9.78 Å². The summed E-state index contributed by atoms with van der Waals surface area (Å²) in [5.74, 6) is -0.292. The molecule has 29 heavy (non-hydrogen) atoms. The summed E-state index contributed by atoms with van der Waals surface area (Å²) in [6, 6.07) is 15.2. The SMILES string of the molecule is O=C(OC(=Cc1nc2ccccc2n1C(F)F)C1=CC=CCC1)c1ccccc1. The fraction of sp³-hybridized carbons (Fsp3) is 0.130. The predicted molar refractivity (Wildman–Crippen MR) is 107 cm³/mol. The molecule has 0 N–H and O–H groups in total. The van der Waals surface area contributed by atoms with Gasteiger partial charge in [0.2, 0.25) is 0 Å². The van der Waals surface area contributed by atoms with Crippen LogP contribution in [0.4, 0.5) is 8.78 Å². The number of imidazole rings is 1. The molecule has 0 radical (unpaired) electrons. The highest BCUT2D eigenvalue weighted by Gasteiger charge is 2.20. The summed E-state index contributed by atoms with van der Waals surface area (Å²) in [5, 5.41) is 0. The average Bonchev–Trinajstić information content (AvgIpc) is 3.12. The zero-order chi connectivity index (χ0) is 20.2. The van der Waals surface area contributed by atoms with Crippen LogP contribution in [0.15, 0.2) is 84.2 Å². The largest absolute Gasteiger partial charge is 0.422 e. The number of para-hydroxylation sites is 2. The third-order valence-electron chi connectivity index (χ3n) is 4.62. The maximum absolute atomic E-state index is 13.8. The van der Waals surface area contributed by atoms with Gasteiger partial charge in [-0.05, 0) is 42.7 Å². The number of carbonyl (C=O) groups is 1. The van der Waals surface area contributed by atoms with Crippen molar-refractivity contribution in [3.63, 3.8) is 0 Å². The van der Waals surface area contributed by atoms with Crippen molar-refractivity contribution in [2.24, 2.45) is 0 Å².